The van der Waals surface area contributed by atoms with Gasteiger partial charge in [-0.1, -0.05) is 25.9 Å². The number of carbonyl (C=O) groups is 1. The van der Waals surface area contributed by atoms with Gasteiger partial charge in [0.15, 0.2) is 5.82 Å². The van der Waals surface area contributed by atoms with Crippen molar-refractivity contribution < 1.29 is 13.7 Å². The molecule has 1 N–H and O–H groups in total. The maximum atomic E-state index is 11.2. The molecule has 1 fully saturated rings. The topological polar surface area (TPSA) is 81.2 Å². The second-order valence-electron chi connectivity index (χ2n) is 6.83. The summed E-state index contributed by atoms with van der Waals surface area (Å²) >= 11 is 0. The van der Waals surface area contributed by atoms with Crippen LogP contribution >= 0.6 is 0 Å². The van der Waals surface area contributed by atoms with Crippen LogP contribution in [0.3, 0.4) is 0 Å². The van der Waals surface area contributed by atoms with Crippen molar-refractivity contribution in [1.82, 2.24) is 15.5 Å². The Kier molecular flexibility index (Phi) is 3.54. The van der Waals surface area contributed by atoms with Crippen LogP contribution < -0.4 is 5.32 Å². The molecule has 0 radical (unpaired) electrons. The van der Waals surface area contributed by atoms with Gasteiger partial charge in [-0.3, -0.25) is 4.79 Å². The number of hydrogen-bond acceptors (Lipinski definition) is 5. The van der Waals surface area contributed by atoms with E-state index in [-0.39, 0.29) is 17.2 Å². The molecule has 0 saturated carbocycles. The van der Waals surface area contributed by atoms with Crippen LogP contribution in [0.1, 0.15) is 56.9 Å². The summed E-state index contributed by atoms with van der Waals surface area (Å²) in [5.74, 6) is 2.99. The molecule has 0 spiro atoms. The van der Waals surface area contributed by atoms with Crippen LogP contribution in [0.2, 0.25) is 0 Å². The maximum Gasteiger partial charge on any atom is 0.261 e. The number of nitrogens with one attached hydrogen (secondary N) is 1. The summed E-state index contributed by atoms with van der Waals surface area (Å²) < 4.78 is 11.2. The van der Waals surface area contributed by atoms with Gasteiger partial charge in [0.25, 0.3) is 5.89 Å². The van der Waals surface area contributed by atoms with E-state index in [9.17, 15) is 4.79 Å². The number of aromatic nitrogens is 2. The van der Waals surface area contributed by atoms with E-state index in [0.29, 0.717) is 24.7 Å². The molecule has 1 aliphatic rings. The zero-order chi connectivity index (χ0) is 15.9. The van der Waals surface area contributed by atoms with Gasteiger partial charge in [0.2, 0.25) is 5.91 Å². The summed E-state index contributed by atoms with van der Waals surface area (Å²) in [6.07, 6.45) is 1.26. The molecule has 3 heterocycles. The molecule has 22 heavy (non-hydrogen) atoms. The molecule has 1 unspecified atom stereocenters. The predicted octanol–water partition coefficient (Wildman–Crippen LogP) is 2.93. The van der Waals surface area contributed by atoms with Crippen LogP contribution in [0.15, 0.2) is 15.0 Å². The van der Waals surface area contributed by atoms with Gasteiger partial charge in [-0.25, -0.2) is 0 Å². The van der Waals surface area contributed by atoms with E-state index in [0.717, 1.165) is 23.5 Å². The number of piperidine rings is 1. The Morgan fingerprint density at radius 3 is 2.73 bits per heavy atom. The van der Waals surface area contributed by atoms with Crippen LogP contribution in [0.25, 0.3) is 11.5 Å². The van der Waals surface area contributed by atoms with Crippen LogP contribution in [-0.2, 0) is 10.2 Å². The van der Waals surface area contributed by atoms with Crippen LogP contribution in [0.5, 0.6) is 0 Å². The molecule has 3 rings (SSSR count). The van der Waals surface area contributed by atoms with E-state index < -0.39 is 0 Å². The smallest absolute Gasteiger partial charge is 0.261 e. The van der Waals surface area contributed by atoms with Crippen molar-refractivity contribution in [3.8, 4) is 11.5 Å². The van der Waals surface area contributed by atoms with Gasteiger partial charge in [-0.05, 0) is 19.4 Å². The Balaban J connectivity index is 1.85. The fourth-order valence-corrected chi connectivity index (χ4v) is 2.53. The van der Waals surface area contributed by atoms with Crippen molar-refractivity contribution in [1.29, 1.82) is 0 Å². The van der Waals surface area contributed by atoms with Gasteiger partial charge >= 0.3 is 0 Å². The Morgan fingerprint density at radius 1 is 1.36 bits per heavy atom. The van der Waals surface area contributed by atoms with Gasteiger partial charge in [0, 0.05) is 24.3 Å². The van der Waals surface area contributed by atoms with Crippen molar-refractivity contribution in [3.63, 3.8) is 0 Å². The number of amides is 1. The van der Waals surface area contributed by atoms with E-state index in [4.69, 9.17) is 8.94 Å². The van der Waals surface area contributed by atoms with Crippen LogP contribution in [0.4, 0.5) is 0 Å². The van der Waals surface area contributed by atoms with Crippen molar-refractivity contribution in [2.24, 2.45) is 0 Å². The van der Waals surface area contributed by atoms with E-state index in [2.05, 4.69) is 36.2 Å². The highest BCUT2D eigenvalue weighted by Gasteiger charge is 2.27. The molecule has 2 aromatic heterocycles. The van der Waals surface area contributed by atoms with Gasteiger partial charge in [-0.15, -0.1) is 0 Å². The summed E-state index contributed by atoms with van der Waals surface area (Å²) in [5.41, 5.74) is 0.767. The van der Waals surface area contributed by atoms with Gasteiger partial charge in [0.1, 0.15) is 11.5 Å². The lowest BCUT2D eigenvalue weighted by Crippen LogP contribution is -2.34. The molecule has 0 aliphatic carbocycles. The molecule has 6 nitrogen and oxygen atoms in total. The Bertz CT molecular complexity index is 684. The fraction of sp³-hybridized carbons (Fsp3) is 0.562. The average molecular weight is 303 g/mol. The van der Waals surface area contributed by atoms with Crippen molar-refractivity contribution in [2.45, 2.75) is 51.9 Å². The third-order valence-electron chi connectivity index (χ3n) is 3.96. The third kappa shape index (κ3) is 2.77. The molecule has 0 bridgehead atoms. The van der Waals surface area contributed by atoms with Crippen molar-refractivity contribution in [2.75, 3.05) is 6.54 Å². The molecule has 1 saturated heterocycles. The van der Waals surface area contributed by atoms with Crippen molar-refractivity contribution >= 4 is 5.91 Å². The second kappa shape index (κ2) is 5.26. The first-order valence-corrected chi connectivity index (χ1v) is 7.56. The highest BCUT2D eigenvalue weighted by molar-refractivity contribution is 5.76. The maximum absolute atomic E-state index is 11.2. The number of furan rings is 1. The third-order valence-corrected chi connectivity index (χ3v) is 3.96. The zero-order valence-electron chi connectivity index (χ0n) is 13.4. The Hall–Kier alpha value is -2.11. The monoisotopic (exact) mass is 303 g/mol. The van der Waals surface area contributed by atoms with E-state index >= 15 is 0 Å². The highest BCUT2D eigenvalue weighted by atomic mass is 16.5. The number of nitrogens with zero attached hydrogens (tertiary/aromatic N) is 2. The molecule has 1 atom stereocenters. The van der Waals surface area contributed by atoms with E-state index in [1.165, 1.54) is 0 Å². The summed E-state index contributed by atoms with van der Waals surface area (Å²) in [5, 5.41) is 6.91. The lowest BCUT2D eigenvalue weighted by Gasteiger charge is -2.18. The first kappa shape index (κ1) is 14.8. The molecule has 2 aromatic rings. The number of rotatable bonds is 2. The van der Waals surface area contributed by atoms with E-state index in [1.54, 1.807) is 0 Å². The highest BCUT2D eigenvalue weighted by Crippen LogP contribution is 2.33. The lowest BCUT2D eigenvalue weighted by molar-refractivity contribution is -0.122. The van der Waals surface area contributed by atoms with Gasteiger partial charge in [0.05, 0.1) is 5.56 Å². The summed E-state index contributed by atoms with van der Waals surface area (Å²) in [4.78, 5) is 15.7. The van der Waals surface area contributed by atoms with E-state index in [1.807, 2.05) is 13.0 Å². The number of hydrogen-bond donors (Lipinski definition) is 1. The lowest BCUT2D eigenvalue weighted by atomic mass is 9.93. The van der Waals surface area contributed by atoms with Gasteiger partial charge in [-0.2, -0.15) is 4.98 Å². The number of carbonyl (C=O) groups excluding carboxylic acids is 1. The molecule has 6 heteroatoms. The van der Waals surface area contributed by atoms with Gasteiger partial charge < -0.3 is 14.3 Å². The summed E-state index contributed by atoms with van der Waals surface area (Å²) in [6, 6.07) is 1.97. The largest absolute Gasteiger partial charge is 0.465 e. The molecular formula is C16H21N3O3. The SMILES string of the molecule is Cc1oc(C(C)(C)C)cc1-c1nc(C2CCC(=O)NC2)no1. The predicted molar refractivity (Wildman–Crippen MR) is 80.4 cm³/mol. The molecule has 118 valence electrons. The Morgan fingerprint density at radius 2 is 2.14 bits per heavy atom. The first-order valence-electron chi connectivity index (χ1n) is 7.56. The second-order valence-corrected chi connectivity index (χ2v) is 6.83. The fourth-order valence-electron chi connectivity index (χ4n) is 2.53. The van der Waals surface area contributed by atoms with Crippen LogP contribution in [0, 0.1) is 6.92 Å². The zero-order valence-corrected chi connectivity index (χ0v) is 13.4. The molecule has 1 amide bonds. The normalized spacial score (nSPS) is 19.3. The van der Waals surface area contributed by atoms with Crippen molar-refractivity contribution in [3.05, 3.63) is 23.4 Å². The minimum Gasteiger partial charge on any atom is -0.465 e. The standard InChI is InChI=1S/C16H21N3O3/c1-9-11(7-12(21-9)16(2,3)4)15-18-14(19-22-15)10-5-6-13(20)17-8-10/h7,10H,5-6,8H2,1-4H3,(H,17,20). The van der Waals surface area contributed by atoms with Crippen LogP contribution in [-0.4, -0.2) is 22.6 Å². The first-order chi connectivity index (χ1) is 10.3. The Labute approximate surface area is 129 Å². The molecule has 1 aliphatic heterocycles. The summed E-state index contributed by atoms with van der Waals surface area (Å²) in [6.45, 7) is 8.75. The number of aryl methyl sites for hydroxylation is 1. The molecular weight excluding hydrogens is 282 g/mol. The minimum absolute atomic E-state index is 0.0699. The quantitative estimate of drug-likeness (QED) is 0.922. The minimum atomic E-state index is -0.0699. The average Bonchev–Trinajstić information content (AvgIpc) is 3.05. The summed E-state index contributed by atoms with van der Waals surface area (Å²) in [7, 11) is 0. The molecule has 0 aromatic carbocycles.